The summed E-state index contributed by atoms with van der Waals surface area (Å²) in [7, 11) is 0. The van der Waals surface area contributed by atoms with Gasteiger partial charge in [-0.25, -0.2) is 14.0 Å². The number of likely N-dealkylation sites (tertiary alicyclic amines) is 1. The molecule has 2 aliphatic rings. The number of anilines is 1. The van der Waals surface area contributed by atoms with Gasteiger partial charge in [-0.05, 0) is 53.3 Å². The number of carboxylic acid groups (broad SMARTS) is 1. The summed E-state index contributed by atoms with van der Waals surface area (Å²) in [6.45, 7) is 0.372. The Kier molecular flexibility index (Phi) is 5.94. The zero-order valence-electron chi connectivity index (χ0n) is 18.7. The molecule has 3 aromatic rings. The summed E-state index contributed by atoms with van der Waals surface area (Å²) in [6, 6.07) is 18.4. The maximum absolute atomic E-state index is 14.3. The minimum absolute atomic E-state index is 0.0351. The van der Waals surface area contributed by atoms with E-state index in [2.05, 4.69) is 5.32 Å². The van der Waals surface area contributed by atoms with Crippen LogP contribution in [0.2, 0.25) is 0 Å². The normalized spacial score (nSPS) is 16.5. The lowest BCUT2D eigenvalue weighted by Crippen LogP contribution is -2.40. The van der Waals surface area contributed by atoms with Gasteiger partial charge >= 0.3 is 12.1 Å². The number of ether oxygens (including phenoxy) is 1. The molecule has 2 amide bonds. The summed E-state index contributed by atoms with van der Waals surface area (Å²) in [6.07, 6.45) is 0.130. The van der Waals surface area contributed by atoms with Crippen LogP contribution >= 0.6 is 0 Å². The fourth-order valence-corrected chi connectivity index (χ4v) is 4.97. The van der Waals surface area contributed by atoms with Gasteiger partial charge in [0.2, 0.25) is 0 Å². The van der Waals surface area contributed by atoms with Gasteiger partial charge < -0.3 is 14.7 Å². The third-order valence-corrected chi connectivity index (χ3v) is 6.53. The Morgan fingerprint density at radius 3 is 2.31 bits per heavy atom. The van der Waals surface area contributed by atoms with E-state index in [0.717, 1.165) is 34.4 Å². The fourth-order valence-electron chi connectivity index (χ4n) is 4.97. The molecule has 1 heterocycles. The van der Waals surface area contributed by atoms with Crippen molar-refractivity contribution in [3.05, 3.63) is 89.2 Å². The van der Waals surface area contributed by atoms with E-state index in [0.29, 0.717) is 12.8 Å². The molecule has 2 N–H and O–H groups in total. The van der Waals surface area contributed by atoms with Gasteiger partial charge in [0.25, 0.3) is 5.91 Å². The van der Waals surface area contributed by atoms with Gasteiger partial charge in [0, 0.05) is 23.7 Å². The number of hydrogen-bond acceptors (Lipinski definition) is 4. The minimum Gasteiger partial charge on any atom is -0.480 e. The number of carbonyl (C=O) groups is 3. The number of nitrogens with one attached hydrogen (secondary N) is 1. The van der Waals surface area contributed by atoms with Crippen LogP contribution in [0, 0.1) is 5.82 Å². The van der Waals surface area contributed by atoms with Crippen LogP contribution < -0.4 is 5.32 Å². The molecule has 0 unspecified atom stereocenters. The molecule has 0 aromatic heterocycles. The summed E-state index contributed by atoms with van der Waals surface area (Å²) in [4.78, 5) is 38.0. The molecule has 5 rings (SSSR count). The molecule has 0 radical (unpaired) electrons. The SMILES string of the molecule is O=C(Nc1cc(F)cc(C(=O)N2CCC[C@@H]2C(=O)O)c1)OCC1c2ccccc2-c2ccccc21. The number of benzene rings is 3. The highest BCUT2D eigenvalue weighted by atomic mass is 19.1. The van der Waals surface area contributed by atoms with Crippen LogP contribution in [0.3, 0.4) is 0 Å². The summed E-state index contributed by atoms with van der Waals surface area (Å²) in [5, 5.41) is 11.8. The van der Waals surface area contributed by atoms with Crippen LogP contribution in [-0.2, 0) is 9.53 Å². The summed E-state index contributed by atoms with van der Waals surface area (Å²) in [5.74, 6) is -2.54. The van der Waals surface area contributed by atoms with Gasteiger partial charge in [0.05, 0.1) is 0 Å². The van der Waals surface area contributed by atoms with E-state index in [1.807, 2.05) is 48.5 Å². The highest BCUT2D eigenvalue weighted by molar-refractivity contribution is 5.98. The number of amides is 2. The lowest BCUT2D eigenvalue weighted by atomic mass is 9.98. The summed E-state index contributed by atoms with van der Waals surface area (Å²) in [5.41, 5.74) is 4.36. The first-order chi connectivity index (χ1) is 16.9. The van der Waals surface area contributed by atoms with Crippen LogP contribution in [0.15, 0.2) is 66.7 Å². The quantitative estimate of drug-likeness (QED) is 0.550. The molecule has 1 fully saturated rings. The first-order valence-electron chi connectivity index (χ1n) is 11.4. The lowest BCUT2D eigenvalue weighted by molar-refractivity contribution is -0.141. The Morgan fingerprint density at radius 2 is 1.66 bits per heavy atom. The number of fused-ring (bicyclic) bond motifs is 3. The molecular formula is C27H23FN2O5. The fraction of sp³-hybridized carbons (Fsp3) is 0.222. The third-order valence-electron chi connectivity index (χ3n) is 6.53. The monoisotopic (exact) mass is 474 g/mol. The predicted octanol–water partition coefficient (Wildman–Crippen LogP) is 4.88. The number of carbonyl (C=O) groups excluding carboxylic acids is 2. The van der Waals surface area contributed by atoms with Crippen molar-refractivity contribution in [2.75, 3.05) is 18.5 Å². The van der Waals surface area contributed by atoms with E-state index in [9.17, 15) is 23.9 Å². The average molecular weight is 474 g/mol. The predicted molar refractivity (Wildman–Crippen MR) is 127 cm³/mol. The van der Waals surface area contributed by atoms with E-state index in [1.165, 1.54) is 11.0 Å². The Morgan fingerprint density at radius 1 is 1.00 bits per heavy atom. The number of nitrogens with zero attached hydrogens (tertiary/aromatic N) is 1. The molecular weight excluding hydrogens is 451 g/mol. The van der Waals surface area contributed by atoms with Crippen LogP contribution in [0.4, 0.5) is 14.9 Å². The van der Waals surface area contributed by atoms with Gasteiger partial charge in [-0.2, -0.15) is 0 Å². The van der Waals surface area contributed by atoms with Crippen molar-refractivity contribution < 1.29 is 28.6 Å². The van der Waals surface area contributed by atoms with E-state index in [4.69, 9.17) is 4.74 Å². The number of hydrogen-bond donors (Lipinski definition) is 2. The molecule has 1 aliphatic carbocycles. The molecule has 8 heteroatoms. The largest absolute Gasteiger partial charge is 0.480 e. The number of rotatable bonds is 5. The molecule has 1 atom stereocenters. The van der Waals surface area contributed by atoms with E-state index in [-0.39, 0.29) is 30.3 Å². The second-order valence-corrected chi connectivity index (χ2v) is 8.67. The maximum atomic E-state index is 14.3. The smallest absolute Gasteiger partial charge is 0.411 e. The zero-order valence-corrected chi connectivity index (χ0v) is 18.7. The van der Waals surface area contributed by atoms with Crippen LogP contribution in [-0.4, -0.2) is 47.2 Å². The van der Waals surface area contributed by atoms with Crippen molar-refractivity contribution in [1.82, 2.24) is 4.90 Å². The van der Waals surface area contributed by atoms with Crippen LogP contribution in [0.25, 0.3) is 11.1 Å². The zero-order chi connectivity index (χ0) is 24.5. The molecule has 178 valence electrons. The Balaban J connectivity index is 1.28. The maximum Gasteiger partial charge on any atom is 0.411 e. The van der Waals surface area contributed by atoms with Crippen LogP contribution in [0.1, 0.15) is 40.2 Å². The summed E-state index contributed by atoms with van der Waals surface area (Å²) < 4.78 is 19.8. The van der Waals surface area contributed by atoms with Crippen molar-refractivity contribution >= 4 is 23.7 Å². The molecule has 1 aliphatic heterocycles. The van der Waals surface area contributed by atoms with E-state index in [1.54, 1.807) is 0 Å². The topological polar surface area (TPSA) is 95.9 Å². The highest BCUT2D eigenvalue weighted by Crippen LogP contribution is 2.44. The minimum atomic E-state index is -1.09. The van der Waals surface area contributed by atoms with Crippen molar-refractivity contribution in [3.63, 3.8) is 0 Å². The molecule has 7 nitrogen and oxygen atoms in total. The first kappa shape index (κ1) is 22.6. The lowest BCUT2D eigenvalue weighted by Gasteiger charge is -2.21. The second kappa shape index (κ2) is 9.21. The van der Waals surface area contributed by atoms with Gasteiger partial charge in [-0.1, -0.05) is 48.5 Å². The van der Waals surface area contributed by atoms with Crippen molar-refractivity contribution in [2.24, 2.45) is 0 Å². The second-order valence-electron chi connectivity index (χ2n) is 8.67. The molecule has 0 saturated carbocycles. The first-order valence-corrected chi connectivity index (χ1v) is 11.4. The Hall–Kier alpha value is -4.20. The van der Waals surface area contributed by atoms with E-state index < -0.39 is 29.8 Å². The summed E-state index contributed by atoms with van der Waals surface area (Å²) >= 11 is 0. The third kappa shape index (κ3) is 4.35. The standard InChI is InChI=1S/C27H23FN2O5/c28-17-12-16(25(31)30-11-5-10-24(30)26(32)33)13-18(14-17)29-27(34)35-15-23-21-8-3-1-6-19(21)20-7-2-4-9-22(20)23/h1-4,6-9,12-14,23-24H,5,10-11,15H2,(H,29,34)(H,32,33)/t24-/m1/s1. The van der Waals surface area contributed by atoms with Gasteiger partial charge in [-0.3, -0.25) is 10.1 Å². The Labute approximate surface area is 201 Å². The van der Waals surface area contributed by atoms with Gasteiger partial charge in [0.1, 0.15) is 18.5 Å². The molecule has 0 spiro atoms. The molecule has 0 bridgehead atoms. The van der Waals surface area contributed by atoms with Crippen molar-refractivity contribution in [1.29, 1.82) is 0 Å². The number of halogens is 1. The highest BCUT2D eigenvalue weighted by Gasteiger charge is 2.35. The van der Waals surface area contributed by atoms with Gasteiger partial charge in [-0.15, -0.1) is 0 Å². The van der Waals surface area contributed by atoms with Crippen molar-refractivity contribution in [2.45, 2.75) is 24.8 Å². The molecule has 1 saturated heterocycles. The Bertz CT molecular complexity index is 1280. The van der Waals surface area contributed by atoms with E-state index >= 15 is 0 Å². The molecule has 3 aromatic carbocycles. The van der Waals surface area contributed by atoms with Gasteiger partial charge in [0.15, 0.2) is 0 Å². The van der Waals surface area contributed by atoms with Crippen LogP contribution in [0.5, 0.6) is 0 Å². The number of carboxylic acids is 1. The average Bonchev–Trinajstić information content (AvgIpc) is 3.45. The van der Waals surface area contributed by atoms with Crippen molar-refractivity contribution in [3.8, 4) is 11.1 Å². The number of aliphatic carboxylic acids is 1. The molecule has 35 heavy (non-hydrogen) atoms.